The number of nitrogens with zero attached hydrogens (tertiary/aromatic N) is 1. The van der Waals surface area contributed by atoms with Gasteiger partial charge in [0.1, 0.15) is 11.5 Å². The third-order valence-electron chi connectivity index (χ3n) is 2.41. The van der Waals surface area contributed by atoms with Crippen LogP contribution in [-0.4, -0.2) is 19.2 Å². The second kappa shape index (κ2) is 5.55. The molecule has 0 saturated heterocycles. The van der Waals surface area contributed by atoms with E-state index >= 15 is 0 Å². The largest absolute Gasteiger partial charge is 0.497 e. The van der Waals surface area contributed by atoms with Crippen LogP contribution in [0.4, 0.5) is 5.13 Å². The Bertz CT molecular complexity index is 564. The van der Waals surface area contributed by atoms with E-state index in [1.807, 2.05) is 35.7 Å². The van der Waals surface area contributed by atoms with Crippen LogP contribution in [0.25, 0.3) is 12.2 Å². The molecule has 4 nitrogen and oxygen atoms in total. The highest BCUT2D eigenvalue weighted by molar-refractivity contribution is 7.13. The molecule has 0 fully saturated rings. The number of ether oxygens (including phenoxy) is 2. The lowest BCUT2D eigenvalue weighted by atomic mass is 10.1. The normalized spacial score (nSPS) is 10.8. The summed E-state index contributed by atoms with van der Waals surface area (Å²) in [6, 6.07) is 5.63. The molecule has 2 rings (SSSR count). The summed E-state index contributed by atoms with van der Waals surface area (Å²) in [5.41, 5.74) is 7.35. The van der Waals surface area contributed by atoms with Gasteiger partial charge in [0, 0.05) is 10.9 Å². The van der Waals surface area contributed by atoms with Crippen molar-refractivity contribution in [3.63, 3.8) is 0 Å². The maximum absolute atomic E-state index is 5.58. The van der Waals surface area contributed by atoms with Crippen LogP contribution >= 0.6 is 11.3 Å². The Morgan fingerprint density at radius 2 is 2.06 bits per heavy atom. The molecule has 0 aliphatic carbocycles. The second-order valence-corrected chi connectivity index (χ2v) is 4.44. The van der Waals surface area contributed by atoms with Gasteiger partial charge in [0.25, 0.3) is 0 Å². The number of anilines is 1. The summed E-state index contributed by atoms with van der Waals surface area (Å²) in [4.78, 5) is 4.16. The second-order valence-electron chi connectivity index (χ2n) is 3.55. The summed E-state index contributed by atoms with van der Waals surface area (Å²) in [6.45, 7) is 0. The van der Waals surface area contributed by atoms with E-state index in [2.05, 4.69) is 4.98 Å². The molecular weight excluding hydrogens is 248 g/mol. The first-order chi connectivity index (χ1) is 8.72. The number of methoxy groups -OCH3 is 2. The van der Waals surface area contributed by atoms with E-state index in [0.717, 1.165) is 22.8 Å². The average molecular weight is 262 g/mol. The number of benzene rings is 1. The predicted octanol–water partition coefficient (Wildman–Crippen LogP) is 2.91. The monoisotopic (exact) mass is 262 g/mol. The van der Waals surface area contributed by atoms with Crippen molar-refractivity contribution in [1.82, 2.24) is 4.98 Å². The summed E-state index contributed by atoms with van der Waals surface area (Å²) in [5.74, 6) is 1.57. The van der Waals surface area contributed by atoms with Crippen molar-refractivity contribution < 1.29 is 9.47 Å². The van der Waals surface area contributed by atoms with Gasteiger partial charge in [-0.15, -0.1) is 11.3 Å². The SMILES string of the molecule is COc1ccc(OC)c(C=Cc2csc(N)n2)c1. The van der Waals surface area contributed by atoms with Crippen LogP contribution in [0.5, 0.6) is 11.5 Å². The highest BCUT2D eigenvalue weighted by Crippen LogP contribution is 2.26. The Morgan fingerprint density at radius 3 is 2.67 bits per heavy atom. The summed E-state index contributed by atoms with van der Waals surface area (Å²) in [6.07, 6.45) is 3.82. The molecule has 1 aromatic heterocycles. The fraction of sp³-hybridized carbons (Fsp3) is 0.154. The summed E-state index contributed by atoms with van der Waals surface area (Å²) in [7, 11) is 3.27. The lowest BCUT2D eigenvalue weighted by Crippen LogP contribution is -1.89. The molecule has 0 atom stereocenters. The highest BCUT2D eigenvalue weighted by Gasteiger charge is 2.02. The number of rotatable bonds is 4. The lowest BCUT2D eigenvalue weighted by molar-refractivity contribution is 0.402. The fourth-order valence-electron chi connectivity index (χ4n) is 1.52. The van der Waals surface area contributed by atoms with Gasteiger partial charge in [0.15, 0.2) is 5.13 Å². The van der Waals surface area contributed by atoms with Gasteiger partial charge in [0.2, 0.25) is 0 Å². The van der Waals surface area contributed by atoms with Crippen LogP contribution in [0, 0.1) is 0 Å². The van der Waals surface area contributed by atoms with Crippen molar-refractivity contribution in [2.24, 2.45) is 0 Å². The van der Waals surface area contributed by atoms with E-state index in [9.17, 15) is 0 Å². The first-order valence-electron chi connectivity index (χ1n) is 5.34. The number of hydrogen-bond donors (Lipinski definition) is 1. The van der Waals surface area contributed by atoms with Crippen molar-refractivity contribution in [1.29, 1.82) is 0 Å². The van der Waals surface area contributed by atoms with E-state index < -0.39 is 0 Å². The topological polar surface area (TPSA) is 57.4 Å². The Morgan fingerprint density at radius 1 is 1.22 bits per heavy atom. The van der Waals surface area contributed by atoms with E-state index in [1.54, 1.807) is 14.2 Å². The Balaban J connectivity index is 2.29. The standard InChI is InChI=1S/C13H14N2O2S/c1-16-11-5-6-12(17-2)9(7-11)3-4-10-8-18-13(14)15-10/h3-8H,1-2H3,(H2,14,15). The third kappa shape index (κ3) is 2.81. The number of aromatic nitrogens is 1. The zero-order valence-corrected chi connectivity index (χ0v) is 11.0. The lowest BCUT2D eigenvalue weighted by Gasteiger charge is -2.06. The first kappa shape index (κ1) is 12.4. The Kier molecular flexibility index (Phi) is 3.84. The maximum atomic E-state index is 5.58. The molecule has 5 heteroatoms. The van der Waals surface area contributed by atoms with Gasteiger partial charge in [-0.2, -0.15) is 0 Å². The summed E-state index contributed by atoms with van der Waals surface area (Å²) in [5, 5.41) is 2.46. The molecule has 1 aromatic carbocycles. The van der Waals surface area contributed by atoms with Crippen LogP contribution in [0.1, 0.15) is 11.3 Å². The molecule has 0 aliphatic heterocycles. The minimum Gasteiger partial charge on any atom is -0.497 e. The average Bonchev–Trinajstić information content (AvgIpc) is 2.81. The number of nitrogen functional groups attached to an aromatic ring is 1. The van der Waals surface area contributed by atoms with E-state index in [-0.39, 0.29) is 0 Å². The molecular formula is C13H14N2O2S. The van der Waals surface area contributed by atoms with E-state index in [4.69, 9.17) is 15.2 Å². The van der Waals surface area contributed by atoms with Crippen molar-refractivity contribution in [2.75, 3.05) is 20.0 Å². The molecule has 0 aliphatic rings. The number of hydrogen-bond acceptors (Lipinski definition) is 5. The molecule has 0 amide bonds. The quantitative estimate of drug-likeness (QED) is 0.920. The Labute approximate surface area is 110 Å². The zero-order chi connectivity index (χ0) is 13.0. The minimum absolute atomic E-state index is 0.562. The molecule has 1 heterocycles. The highest BCUT2D eigenvalue weighted by atomic mass is 32.1. The minimum atomic E-state index is 0.562. The van der Waals surface area contributed by atoms with Gasteiger partial charge in [-0.25, -0.2) is 4.98 Å². The van der Waals surface area contributed by atoms with Gasteiger partial charge in [-0.05, 0) is 30.4 Å². The van der Waals surface area contributed by atoms with Crippen LogP contribution in [0.2, 0.25) is 0 Å². The maximum Gasteiger partial charge on any atom is 0.180 e. The van der Waals surface area contributed by atoms with Crippen LogP contribution in [-0.2, 0) is 0 Å². The molecule has 0 radical (unpaired) electrons. The Hall–Kier alpha value is -2.01. The third-order valence-corrected chi connectivity index (χ3v) is 3.10. The van der Waals surface area contributed by atoms with Crippen LogP contribution < -0.4 is 15.2 Å². The van der Waals surface area contributed by atoms with Crippen molar-refractivity contribution in [3.05, 3.63) is 34.8 Å². The summed E-state index contributed by atoms with van der Waals surface area (Å²) < 4.78 is 10.5. The smallest absolute Gasteiger partial charge is 0.180 e. The van der Waals surface area contributed by atoms with Crippen molar-refractivity contribution in [3.8, 4) is 11.5 Å². The molecule has 18 heavy (non-hydrogen) atoms. The van der Waals surface area contributed by atoms with E-state index in [1.165, 1.54) is 11.3 Å². The molecule has 0 bridgehead atoms. The molecule has 0 spiro atoms. The molecule has 0 saturated carbocycles. The van der Waals surface area contributed by atoms with Gasteiger partial charge >= 0.3 is 0 Å². The number of thiazole rings is 1. The number of nitrogens with two attached hydrogens (primary N) is 1. The zero-order valence-electron chi connectivity index (χ0n) is 10.2. The van der Waals surface area contributed by atoms with Gasteiger partial charge in [-0.3, -0.25) is 0 Å². The molecule has 2 aromatic rings. The van der Waals surface area contributed by atoms with Gasteiger partial charge in [0.05, 0.1) is 19.9 Å². The predicted molar refractivity (Wildman–Crippen MR) is 75.0 cm³/mol. The molecule has 94 valence electrons. The van der Waals surface area contributed by atoms with E-state index in [0.29, 0.717) is 5.13 Å². The van der Waals surface area contributed by atoms with Crippen molar-refractivity contribution in [2.45, 2.75) is 0 Å². The molecule has 0 unspecified atom stereocenters. The fourth-order valence-corrected chi connectivity index (χ4v) is 2.05. The molecule has 2 N–H and O–H groups in total. The first-order valence-corrected chi connectivity index (χ1v) is 6.22. The van der Waals surface area contributed by atoms with Crippen LogP contribution in [0.15, 0.2) is 23.6 Å². The van der Waals surface area contributed by atoms with Gasteiger partial charge in [-0.1, -0.05) is 0 Å². The summed E-state index contributed by atoms with van der Waals surface area (Å²) >= 11 is 1.42. The van der Waals surface area contributed by atoms with Crippen LogP contribution in [0.3, 0.4) is 0 Å². The van der Waals surface area contributed by atoms with Crippen molar-refractivity contribution >= 4 is 28.6 Å². The van der Waals surface area contributed by atoms with Gasteiger partial charge < -0.3 is 15.2 Å².